The third-order valence-corrected chi connectivity index (χ3v) is 14.3. The zero-order chi connectivity index (χ0) is 48.9. The Morgan fingerprint density at radius 3 is 0.851 bits per heavy atom. The highest BCUT2D eigenvalue weighted by atomic mass is 16.6. The van der Waals surface area contributed by atoms with Crippen molar-refractivity contribution in [2.75, 3.05) is 13.2 Å². The Kier molecular flexibility index (Phi) is 52.5. The van der Waals surface area contributed by atoms with Crippen LogP contribution in [0.3, 0.4) is 0 Å². The number of hydrogen-bond acceptors (Lipinski definition) is 6. The molecule has 0 bridgehead atoms. The van der Waals surface area contributed by atoms with Crippen LogP contribution < -0.4 is 0 Å². The summed E-state index contributed by atoms with van der Waals surface area (Å²) in [5, 5.41) is 0. The molecular weight excluding hydrogens is 829 g/mol. The minimum Gasteiger partial charge on any atom is -0.462 e. The summed E-state index contributed by atoms with van der Waals surface area (Å²) < 4.78 is 16.9. The third kappa shape index (κ3) is 53.6. The molecule has 0 aliphatic heterocycles. The molecular formula is C61H118O6. The van der Waals surface area contributed by atoms with Gasteiger partial charge >= 0.3 is 17.9 Å². The topological polar surface area (TPSA) is 78.9 Å². The average Bonchev–Trinajstić information content (AvgIpc) is 3.31. The van der Waals surface area contributed by atoms with Crippen LogP contribution in [0.1, 0.15) is 343 Å². The minimum absolute atomic E-state index is 0.0626. The predicted molar refractivity (Wildman–Crippen MR) is 289 cm³/mol. The summed E-state index contributed by atoms with van der Waals surface area (Å²) in [7, 11) is 0. The van der Waals surface area contributed by atoms with Crippen molar-refractivity contribution in [3.05, 3.63) is 0 Å². The van der Waals surface area contributed by atoms with Gasteiger partial charge in [0.05, 0.1) is 0 Å². The van der Waals surface area contributed by atoms with Gasteiger partial charge in [0.1, 0.15) is 13.2 Å². The molecule has 1 unspecified atom stereocenters. The fourth-order valence-corrected chi connectivity index (χ4v) is 9.37. The molecule has 0 saturated heterocycles. The van der Waals surface area contributed by atoms with Crippen LogP contribution in [0, 0.1) is 11.8 Å². The van der Waals surface area contributed by atoms with E-state index in [2.05, 4.69) is 34.6 Å². The Labute approximate surface area is 418 Å². The minimum atomic E-state index is -0.763. The monoisotopic (exact) mass is 947 g/mol. The predicted octanol–water partition coefficient (Wildman–Crippen LogP) is 20.0. The number of carbonyl (C=O) groups is 3. The molecule has 67 heavy (non-hydrogen) atoms. The molecule has 0 radical (unpaired) electrons. The Balaban J connectivity index is 4.28. The van der Waals surface area contributed by atoms with E-state index in [0.29, 0.717) is 19.3 Å². The van der Waals surface area contributed by atoms with Gasteiger partial charge in [-0.3, -0.25) is 14.4 Å². The summed E-state index contributed by atoms with van der Waals surface area (Å²) in [6.45, 7) is 11.4. The molecule has 0 aromatic carbocycles. The van der Waals surface area contributed by atoms with Gasteiger partial charge in [0.2, 0.25) is 0 Å². The number of esters is 3. The van der Waals surface area contributed by atoms with Crippen molar-refractivity contribution in [2.45, 2.75) is 349 Å². The van der Waals surface area contributed by atoms with Crippen molar-refractivity contribution < 1.29 is 28.6 Å². The number of hydrogen-bond donors (Lipinski definition) is 0. The molecule has 0 aromatic heterocycles. The zero-order valence-corrected chi connectivity index (χ0v) is 46.0. The van der Waals surface area contributed by atoms with Crippen LogP contribution in [0.25, 0.3) is 0 Å². The number of carbonyl (C=O) groups excluding carboxylic acids is 3. The summed E-state index contributed by atoms with van der Waals surface area (Å²) in [6.07, 6.45) is 58.1. The summed E-state index contributed by atoms with van der Waals surface area (Å²) in [5.74, 6) is 0.870. The third-order valence-electron chi connectivity index (χ3n) is 14.3. The van der Waals surface area contributed by atoms with Crippen molar-refractivity contribution in [1.29, 1.82) is 0 Å². The highest BCUT2D eigenvalue weighted by Gasteiger charge is 2.19. The number of rotatable bonds is 55. The van der Waals surface area contributed by atoms with Crippen molar-refractivity contribution in [3.63, 3.8) is 0 Å². The van der Waals surface area contributed by atoms with Crippen LogP contribution in [0.15, 0.2) is 0 Å². The second kappa shape index (κ2) is 53.8. The average molecular weight is 948 g/mol. The lowest BCUT2D eigenvalue weighted by Gasteiger charge is -2.18. The maximum atomic E-state index is 12.9. The zero-order valence-electron chi connectivity index (χ0n) is 46.0. The standard InChI is InChI=1S/C61H118O6/c1-6-8-9-10-11-12-13-14-15-16-17-18-19-22-25-31-36-41-46-51-59(62)65-54-58(67-61(64)53-48-43-38-33-28-27-30-35-40-45-50-57(5)7-2)55-66-60(63)52-47-42-37-32-26-23-20-21-24-29-34-39-44-49-56(3)4/h56-58H,6-55H2,1-5H3/t57?,58-/m1/s1. The highest BCUT2D eigenvalue weighted by molar-refractivity contribution is 5.71. The van der Waals surface area contributed by atoms with E-state index in [-0.39, 0.29) is 31.1 Å². The highest BCUT2D eigenvalue weighted by Crippen LogP contribution is 2.19. The van der Waals surface area contributed by atoms with E-state index in [0.717, 1.165) is 69.6 Å². The molecule has 6 heteroatoms. The smallest absolute Gasteiger partial charge is 0.306 e. The summed E-state index contributed by atoms with van der Waals surface area (Å²) in [4.78, 5) is 38.2. The second-order valence-electron chi connectivity index (χ2n) is 21.7. The summed E-state index contributed by atoms with van der Waals surface area (Å²) in [6, 6.07) is 0. The molecule has 0 fully saturated rings. The van der Waals surface area contributed by atoms with Gasteiger partial charge < -0.3 is 14.2 Å². The first kappa shape index (κ1) is 65.4. The molecule has 0 N–H and O–H groups in total. The summed E-state index contributed by atoms with van der Waals surface area (Å²) >= 11 is 0. The molecule has 0 amide bonds. The SMILES string of the molecule is CCCCCCCCCCCCCCCCCCCCCC(=O)OC[C@H](COC(=O)CCCCCCCCCCCCCCCC(C)C)OC(=O)CCCCCCCCCCCCC(C)CC. The van der Waals surface area contributed by atoms with Crippen molar-refractivity contribution in [2.24, 2.45) is 11.8 Å². The molecule has 2 atom stereocenters. The lowest BCUT2D eigenvalue weighted by molar-refractivity contribution is -0.167. The van der Waals surface area contributed by atoms with Crippen molar-refractivity contribution >= 4 is 17.9 Å². The van der Waals surface area contributed by atoms with E-state index in [4.69, 9.17) is 14.2 Å². The molecule has 6 nitrogen and oxygen atoms in total. The van der Waals surface area contributed by atoms with E-state index >= 15 is 0 Å². The van der Waals surface area contributed by atoms with E-state index < -0.39 is 6.10 Å². The van der Waals surface area contributed by atoms with Gasteiger partial charge in [-0.15, -0.1) is 0 Å². The first-order valence-corrected chi connectivity index (χ1v) is 30.3. The molecule has 0 aliphatic carbocycles. The Hall–Kier alpha value is -1.59. The maximum Gasteiger partial charge on any atom is 0.306 e. The van der Waals surface area contributed by atoms with Gasteiger partial charge in [-0.05, 0) is 31.1 Å². The van der Waals surface area contributed by atoms with Gasteiger partial charge in [0.15, 0.2) is 6.10 Å². The van der Waals surface area contributed by atoms with Crippen LogP contribution >= 0.6 is 0 Å². The van der Waals surface area contributed by atoms with Gasteiger partial charge in [0, 0.05) is 19.3 Å². The molecule has 0 spiro atoms. The quantitative estimate of drug-likeness (QED) is 0.0343. The van der Waals surface area contributed by atoms with Crippen LogP contribution in [-0.2, 0) is 28.6 Å². The van der Waals surface area contributed by atoms with E-state index in [1.165, 1.54) is 231 Å². The fraction of sp³-hybridized carbons (Fsp3) is 0.951. The van der Waals surface area contributed by atoms with Crippen molar-refractivity contribution in [3.8, 4) is 0 Å². The van der Waals surface area contributed by atoms with E-state index in [9.17, 15) is 14.4 Å². The second-order valence-corrected chi connectivity index (χ2v) is 21.7. The van der Waals surface area contributed by atoms with E-state index in [1.54, 1.807) is 0 Å². The fourth-order valence-electron chi connectivity index (χ4n) is 9.37. The molecule has 0 rings (SSSR count). The van der Waals surface area contributed by atoms with Crippen LogP contribution in [0.2, 0.25) is 0 Å². The molecule has 0 saturated carbocycles. The Morgan fingerprint density at radius 1 is 0.313 bits per heavy atom. The first-order valence-electron chi connectivity index (χ1n) is 30.3. The molecule has 0 aromatic rings. The van der Waals surface area contributed by atoms with Gasteiger partial charge in [0.25, 0.3) is 0 Å². The molecule has 398 valence electrons. The lowest BCUT2D eigenvalue weighted by Crippen LogP contribution is -2.30. The van der Waals surface area contributed by atoms with Crippen LogP contribution in [0.4, 0.5) is 0 Å². The number of ether oxygens (including phenoxy) is 3. The van der Waals surface area contributed by atoms with Crippen LogP contribution in [-0.4, -0.2) is 37.2 Å². The van der Waals surface area contributed by atoms with Crippen molar-refractivity contribution in [1.82, 2.24) is 0 Å². The first-order chi connectivity index (χ1) is 32.8. The Morgan fingerprint density at radius 2 is 0.567 bits per heavy atom. The number of unbranched alkanes of at least 4 members (excludes halogenated alkanes) is 39. The normalized spacial score (nSPS) is 12.4. The maximum absolute atomic E-state index is 12.9. The largest absolute Gasteiger partial charge is 0.462 e. The lowest BCUT2D eigenvalue weighted by atomic mass is 9.99. The van der Waals surface area contributed by atoms with Crippen LogP contribution in [0.5, 0.6) is 0 Å². The van der Waals surface area contributed by atoms with Gasteiger partial charge in [-0.25, -0.2) is 0 Å². The van der Waals surface area contributed by atoms with E-state index in [1.807, 2.05) is 0 Å². The Bertz CT molecular complexity index is 1030. The molecule has 0 heterocycles. The molecule has 0 aliphatic rings. The van der Waals surface area contributed by atoms with Gasteiger partial charge in [-0.1, -0.05) is 304 Å². The summed E-state index contributed by atoms with van der Waals surface area (Å²) in [5.41, 5.74) is 0. The van der Waals surface area contributed by atoms with Gasteiger partial charge in [-0.2, -0.15) is 0 Å².